The maximum Gasteiger partial charge on any atom is 0.407 e. The number of hydrogen-bond donors (Lipinski definition) is 10. The highest BCUT2D eigenvalue weighted by atomic mass is 16.8. The molecule has 4 aliphatic heterocycles. The van der Waals surface area contributed by atoms with E-state index in [-0.39, 0.29) is 6.61 Å². The fraction of sp³-hybridized carbons (Fsp3) is 0.852. The zero-order valence-electron chi connectivity index (χ0n) is 25.3. The first-order valence-electron chi connectivity index (χ1n) is 14.9. The smallest absolute Gasteiger partial charge is 0.407 e. The van der Waals surface area contributed by atoms with Crippen molar-refractivity contribution in [1.29, 1.82) is 0 Å². The number of amides is 1. The van der Waals surface area contributed by atoms with Crippen molar-refractivity contribution in [2.45, 2.75) is 118 Å². The molecule has 4 rings (SSSR count). The number of aliphatic carboxylic acids is 1. The molecule has 4 heterocycles. The van der Waals surface area contributed by atoms with Gasteiger partial charge in [-0.1, -0.05) is 6.08 Å². The predicted molar refractivity (Wildman–Crippen MR) is 147 cm³/mol. The quantitative estimate of drug-likeness (QED) is 0.0641. The van der Waals surface area contributed by atoms with Crippen LogP contribution in [0.15, 0.2) is 12.7 Å². The van der Waals surface area contributed by atoms with E-state index < -0.39 is 130 Å². The van der Waals surface area contributed by atoms with E-state index in [4.69, 9.17) is 37.9 Å². The maximum atomic E-state index is 12.3. The molecule has 0 aromatic rings. The normalized spacial score (nSPS) is 45.2. The van der Waals surface area contributed by atoms with Gasteiger partial charge in [0.1, 0.15) is 73.2 Å². The van der Waals surface area contributed by atoms with Gasteiger partial charge in [0.15, 0.2) is 18.9 Å². The zero-order valence-corrected chi connectivity index (χ0v) is 25.3. The average Bonchev–Trinajstić information content (AvgIpc) is 3.40. The number of ether oxygens (including phenoxy) is 8. The second-order valence-corrected chi connectivity index (χ2v) is 11.5. The summed E-state index contributed by atoms with van der Waals surface area (Å²) in [5.41, 5.74) is 0. The lowest BCUT2D eigenvalue weighted by atomic mass is 9.96. The Bertz CT molecular complexity index is 1070. The number of carboxylic acid groups (broad SMARTS) is 1. The Morgan fingerprint density at radius 3 is 2.00 bits per heavy atom. The number of rotatable bonds is 13. The van der Waals surface area contributed by atoms with Crippen molar-refractivity contribution < 1.29 is 93.4 Å². The molecule has 0 aromatic carbocycles. The fourth-order valence-electron chi connectivity index (χ4n) is 5.51. The standard InChI is InChI=1S/C27H43NO19/c1-3-4-5-6-40-26(39)28-7-10-19(18(36)21-24(41-10)47-27(2,46-21)25(37)38)44-23-17(35)15(33)20(12(9-30)43-23)45-22-16(34)14(32)13(31)11(8-29)42-22/h3,10-24,29-36H,1,4-9H2,2H3,(H,28,39)(H,37,38)/t10?,11?,12?,13-,14?,15?,16?,17?,18?,19+,20-,21?,22+,23-,24+,27?/m0/s1. The summed E-state index contributed by atoms with van der Waals surface area (Å²) in [5, 5.41) is 95.1. The molecule has 0 spiro atoms. The average molecular weight is 686 g/mol. The van der Waals surface area contributed by atoms with Crippen LogP contribution < -0.4 is 5.32 Å². The molecule has 4 fully saturated rings. The van der Waals surface area contributed by atoms with E-state index in [1.165, 1.54) is 0 Å². The lowest BCUT2D eigenvalue weighted by Gasteiger charge is -2.47. The molecule has 0 saturated carbocycles. The minimum Gasteiger partial charge on any atom is -0.477 e. The molecule has 4 saturated heterocycles. The van der Waals surface area contributed by atoms with Crippen molar-refractivity contribution >= 4 is 12.1 Å². The number of nitrogens with one attached hydrogen (secondary N) is 1. The van der Waals surface area contributed by atoms with E-state index >= 15 is 0 Å². The molecule has 0 aliphatic carbocycles. The van der Waals surface area contributed by atoms with Gasteiger partial charge in [-0.2, -0.15) is 0 Å². The number of alkyl carbamates (subject to hydrolysis) is 1. The molecule has 16 atom stereocenters. The molecular formula is C27H43NO19. The predicted octanol–water partition coefficient (Wildman–Crippen LogP) is -5.01. The number of aliphatic hydroxyl groups excluding tert-OH is 8. The minimum absolute atomic E-state index is 0.0689. The van der Waals surface area contributed by atoms with Crippen LogP contribution in [0.5, 0.6) is 0 Å². The second-order valence-electron chi connectivity index (χ2n) is 11.5. The van der Waals surface area contributed by atoms with E-state index in [9.17, 15) is 55.5 Å². The molecule has 0 bridgehead atoms. The van der Waals surface area contributed by atoms with Crippen LogP contribution in [0.4, 0.5) is 4.79 Å². The van der Waals surface area contributed by atoms with Crippen LogP contribution in [0.3, 0.4) is 0 Å². The molecule has 1 amide bonds. The monoisotopic (exact) mass is 685 g/mol. The van der Waals surface area contributed by atoms with Crippen molar-refractivity contribution in [3.05, 3.63) is 12.7 Å². The Morgan fingerprint density at radius 2 is 1.40 bits per heavy atom. The van der Waals surface area contributed by atoms with Crippen molar-refractivity contribution in [3.8, 4) is 0 Å². The van der Waals surface area contributed by atoms with E-state index in [1.54, 1.807) is 6.08 Å². The van der Waals surface area contributed by atoms with Crippen LogP contribution in [0.25, 0.3) is 0 Å². The Hall–Kier alpha value is -2.12. The van der Waals surface area contributed by atoms with Crippen LogP contribution in [-0.2, 0) is 42.7 Å². The Balaban J connectivity index is 1.48. The molecular weight excluding hydrogens is 642 g/mol. The number of carbonyl (C=O) groups is 2. The first-order chi connectivity index (χ1) is 22.3. The van der Waals surface area contributed by atoms with Gasteiger partial charge in [-0.3, -0.25) is 0 Å². The van der Waals surface area contributed by atoms with Gasteiger partial charge in [0.2, 0.25) is 0 Å². The van der Waals surface area contributed by atoms with E-state index in [0.717, 1.165) is 6.92 Å². The number of unbranched alkanes of at least 4 members (excludes halogenated alkanes) is 1. The number of carboxylic acids is 1. The van der Waals surface area contributed by atoms with Crippen molar-refractivity contribution in [1.82, 2.24) is 5.32 Å². The van der Waals surface area contributed by atoms with Gasteiger partial charge >= 0.3 is 12.1 Å². The summed E-state index contributed by atoms with van der Waals surface area (Å²) < 4.78 is 44.0. The summed E-state index contributed by atoms with van der Waals surface area (Å²) >= 11 is 0. The molecule has 20 heteroatoms. The lowest BCUT2D eigenvalue weighted by molar-refractivity contribution is -0.373. The Kier molecular flexibility index (Phi) is 12.9. The number of aliphatic hydroxyl groups is 8. The van der Waals surface area contributed by atoms with Crippen molar-refractivity contribution in [2.24, 2.45) is 0 Å². The summed E-state index contributed by atoms with van der Waals surface area (Å²) in [6.07, 6.45) is -22.9. The van der Waals surface area contributed by atoms with Crippen molar-refractivity contribution in [3.63, 3.8) is 0 Å². The van der Waals surface area contributed by atoms with Gasteiger partial charge in [0.05, 0.1) is 19.8 Å². The molecule has 4 aliphatic rings. The molecule has 47 heavy (non-hydrogen) atoms. The summed E-state index contributed by atoms with van der Waals surface area (Å²) in [6.45, 7) is 2.70. The first-order valence-corrected chi connectivity index (χ1v) is 14.9. The van der Waals surface area contributed by atoms with Gasteiger partial charge < -0.3 is 89.2 Å². The van der Waals surface area contributed by atoms with Crippen LogP contribution in [-0.4, -0.2) is 182 Å². The van der Waals surface area contributed by atoms with E-state index in [0.29, 0.717) is 12.8 Å². The largest absolute Gasteiger partial charge is 0.477 e. The van der Waals surface area contributed by atoms with Crippen LogP contribution in [0, 0.1) is 0 Å². The summed E-state index contributed by atoms with van der Waals surface area (Å²) in [5.74, 6) is -3.75. The van der Waals surface area contributed by atoms with Crippen LogP contribution >= 0.6 is 0 Å². The van der Waals surface area contributed by atoms with E-state index in [2.05, 4.69) is 11.9 Å². The second kappa shape index (κ2) is 16.1. The maximum absolute atomic E-state index is 12.3. The molecule has 10 unspecified atom stereocenters. The zero-order chi connectivity index (χ0) is 34.6. The van der Waals surface area contributed by atoms with Gasteiger partial charge in [-0.15, -0.1) is 6.58 Å². The topological polar surface area (TPSA) is 302 Å². The van der Waals surface area contributed by atoms with Crippen LogP contribution in [0.1, 0.15) is 19.8 Å². The third kappa shape index (κ3) is 8.20. The van der Waals surface area contributed by atoms with Crippen LogP contribution in [0.2, 0.25) is 0 Å². The third-order valence-corrected chi connectivity index (χ3v) is 8.19. The number of fused-ring (bicyclic) bond motifs is 1. The Labute approximate surface area is 267 Å². The third-order valence-electron chi connectivity index (χ3n) is 8.19. The molecule has 10 N–H and O–H groups in total. The van der Waals surface area contributed by atoms with Gasteiger partial charge in [-0.25, -0.2) is 9.59 Å². The first kappa shape index (κ1) is 37.7. The van der Waals surface area contributed by atoms with Gasteiger partial charge in [0.25, 0.3) is 5.79 Å². The Morgan fingerprint density at radius 1 is 0.809 bits per heavy atom. The number of allylic oxidation sites excluding steroid dienone is 1. The summed E-state index contributed by atoms with van der Waals surface area (Å²) in [7, 11) is 0. The summed E-state index contributed by atoms with van der Waals surface area (Å²) in [6, 6.07) is 0. The lowest BCUT2D eigenvalue weighted by Crippen LogP contribution is -2.66. The highest BCUT2D eigenvalue weighted by molar-refractivity contribution is 5.75. The van der Waals surface area contributed by atoms with Gasteiger partial charge in [-0.05, 0) is 12.8 Å². The highest BCUT2D eigenvalue weighted by Gasteiger charge is 2.60. The highest BCUT2D eigenvalue weighted by Crippen LogP contribution is 2.39. The molecule has 270 valence electrons. The molecule has 0 radical (unpaired) electrons. The molecule has 0 aromatic heterocycles. The molecule has 20 nitrogen and oxygen atoms in total. The SMILES string of the molecule is C=CCCCOC(=O)NCC1O[C@@H]2OC(C)(C(=O)O)OC2C(O)[C@@H]1O[C@@H]1OC(CO)[C@H](O[C@H]2OC(CO)[C@H](O)C(O)C2O)C(O)C1O. The minimum atomic E-state index is -2.22. The van der Waals surface area contributed by atoms with Gasteiger partial charge in [0, 0.05) is 13.5 Å². The van der Waals surface area contributed by atoms with Crippen molar-refractivity contribution in [2.75, 3.05) is 26.4 Å². The van der Waals surface area contributed by atoms with E-state index in [1.807, 2.05) is 0 Å². The number of hydrogen-bond acceptors (Lipinski definition) is 18. The number of carbonyl (C=O) groups excluding carboxylic acids is 1. The fourth-order valence-corrected chi connectivity index (χ4v) is 5.51. The summed E-state index contributed by atoms with van der Waals surface area (Å²) in [4.78, 5) is 24.0.